The Hall–Kier alpha value is -4.93. The molecule has 15 nitrogen and oxygen atoms in total. The van der Waals surface area contributed by atoms with E-state index in [1.807, 2.05) is 52.4 Å². The molecule has 302 valence electrons. The number of aryl methyl sites for hydroxylation is 1. The topological polar surface area (TPSA) is 171 Å². The lowest BCUT2D eigenvalue weighted by Crippen LogP contribution is -2.53. The molecule has 5 rings (SSSR count). The number of carbonyl (C=O) groups is 4. The molecule has 1 aromatic heterocycles. The van der Waals surface area contributed by atoms with Gasteiger partial charge in [0.1, 0.15) is 5.75 Å². The Morgan fingerprint density at radius 2 is 1.11 bits per heavy atom. The van der Waals surface area contributed by atoms with Crippen molar-refractivity contribution in [2.24, 2.45) is 0 Å². The van der Waals surface area contributed by atoms with E-state index in [0.29, 0.717) is 72.1 Å². The van der Waals surface area contributed by atoms with E-state index in [-0.39, 0.29) is 32.1 Å². The van der Waals surface area contributed by atoms with Gasteiger partial charge in [-0.3, -0.25) is 48.7 Å². The van der Waals surface area contributed by atoms with Crippen LogP contribution >= 0.6 is 0 Å². The van der Waals surface area contributed by atoms with Gasteiger partial charge in [0.15, 0.2) is 0 Å². The molecule has 2 saturated heterocycles. The van der Waals surface area contributed by atoms with Crippen molar-refractivity contribution in [1.29, 1.82) is 0 Å². The van der Waals surface area contributed by atoms with E-state index in [0.717, 1.165) is 53.8 Å². The van der Waals surface area contributed by atoms with Crippen LogP contribution < -0.4 is 4.74 Å². The van der Waals surface area contributed by atoms with Crippen LogP contribution in [0.25, 0.3) is 23.1 Å². The van der Waals surface area contributed by atoms with Gasteiger partial charge in [0.2, 0.25) is 5.91 Å². The molecular weight excluding hydrogens is 718 g/mol. The standard InChI is InChI=1S/C41H55N7O8/c1-32-11-12-42-37-10-7-34(27-36(32)37)4-3-33-5-8-35(9-6-33)56-26-2-13-43-22-24-48(25-23-43)38(49)28-44-14-16-45(29-39(50)51)18-20-47(31-41(54)55)21-19-46(17-15-44)30-40(52)53/h3-12,27H,2,13-26,28-31H2,1H3,(H,50,51)(H,52,53)(H,54,55)/b4-3+. The molecule has 2 aliphatic rings. The predicted octanol–water partition coefficient (Wildman–Crippen LogP) is 2.10. The van der Waals surface area contributed by atoms with Crippen LogP contribution in [0.15, 0.2) is 54.7 Å². The number of carboxylic acids is 3. The first-order chi connectivity index (χ1) is 27.0. The van der Waals surface area contributed by atoms with Gasteiger partial charge in [-0.1, -0.05) is 30.4 Å². The van der Waals surface area contributed by atoms with Gasteiger partial charge in [-0.15, -0.1) is 0 Å². The van der Waals surface area contributed by atoms with Gasteiger partial charge >= 0.3 is 17.9 Å². The number of fused-ring (bicyclic) bond motifs is 1. The summed E-state index contributed by atoms with van der Waals surface area (Å²) < 4.78 is 6.02. The number of benzene rings is 2. The van der Waals surface area contributed by atoms with E-state index in [4.69, 9.17) is 4.74 Å². The highest BCUT2D eigenvalue weighted by molar-refractivity contribution is 5.85. The Balaban J connectivity index is 1.04. The number of hydrogen-bond acceptors (Lipinski definition) is 11. The van der Waals surface area contributed by atoms with Crippen LogP contribution in [0, 0.1) is 6.92 Å². The second-order valence-electron chi connectivity index (χ2n) is 14.5. The van der Waals surface area contributed by atoms with Crippen LogP contribution in [0.2, 0.25) is 0 Å². The Labute approximate surface area is 328 Å². The quantitative estimate of drug-likeness (QED) is 0.152. The number of piperazine rings is 1. The zero-order valence-corrected chi connectivity index (χ0v) is 32.3. The van der Waals surface area contributed by atoms with Crippen LogP contribution in [0.5, 0.6) is 5.75 Å². The predicted molar refractivity (Wildman–Crippen MR) is 214 cm³/mol. The molecule has 2 fully saturated rings. The number of carboxylic acid groups (broad SMARTS) is 3. The maximum Gasteiger partial charge on any atom is 0.317 e. The lowest BCUT2D eigenvalue weighted by Gasteiger charge is -2.37. The molecular formula is C41H55N7O8. The van der Waals surface area contributed by atoms with E-state index in [1.54, 1.807) is 14.7 Å². The zero-order valence-electron chi connectivity index (χ0n) is 32.3. The summed E-state index contributed by atoms with van der Waals surface area (Å²) in [6.07, 6.45) is 6.88. The number of carbonyl (C=O) groups excluding carboxylic acids is 1. The van der Waals surface area contributed by atoms with Gasteiger partial charge in [0, 0.05) is 96.7 Å². The Bertz CT molecular complexity index is 1770. The average Bonchev–Trinajstić information content (AvgIpc) is 3.17. The summed E-state index contributed by atoms with van der Waals surface area (Å²) >= 11 is 0. The molecule has 0 spiro atoms. The minimum absolute atomic E-state index is 0.00904. The molecule has 0 saturated carbocycles. The van der Waals surface area contributed by atoms with Crippen molar-refractivity contribution in [2.75, 3.05) is 118 Å². The van der Waals surface area contributed by atoms with Crippen LogP contribution in [0.3, 0.4) is 0 Å². The first-order valence-corrected chi connectivity index (χ1v) is 19.3. The highest BCUT2D eigenvalue weighted by atomic mass is 16.5. The SMILES string of the molecule is Cc1ccnc2ccc(/C=C/c3ccc(OCCCN4CCN(C(=O)CN5CCN(CC(=O)O)CCN(CC(=O)O)CCN(CC(=O)O)CC5)CC4)cc3)cc12. The third-order valence-corrected chi connectivity index (χ3v) is 10.3. The molecule has 0 radical (unpaired) electrons. The smallest absolute Gasteiger partial charge is 0.317 e. The van der Waals surface area contributed by atoms with Crippen LogP contribution in [0.1, 0.15) is 23.1 Å². The molecule has 2 aromatic carbocycles. The Kier molecular flexibility index (Phi) is 16.1. The number of aromatic nitrogens is 1. The molecule has 0 atom stereocenters. The number of aliphatic carboxylic acids is 3. The first-order valence-electron chi connectivity index (χ1n) is 19.3. The van der Waals surface area contributed by atoms with Crippen LogP contribution in [-0.4, -0.2) is 191 Å². The molecule has 3 N–H and O–H groups in total. The second-order valence-corrected chi connectivity index (χ2v) is 14.5. The molecule has 0 aliphatic carbocycles. The number of hydrogen-bond donors (Lipinski definition) is 3. The molecule has 0 unspecified atom stereocenters. The summed E-state index contributed by atoms with van der Waals surface area (Å²) in [7, 11) is 0. The van der Waals surface area contributed by atoms with E-state index in [9.17, 15) is 34.5 Å². The van der Waals surface area contributed by atoms with E-state index >= 15 is 0 Å². The summed E-state index contributed by atoms with van der Waals surface area (Å²) in [5.41, 5.74) is 4.41. The van der Waals surface area contributed by atoms with Crippen molar-refractivity contribution in [3.63, 3.8) is 0 Å². The highest BCUT2D eigenvalue weighted by Gasteiger charge is 2.25. The van der Waals surface area contributed by atoms with E-state index in [2.05, 4.69) is 41.1 Å². The maximum atomic E-state index is 13.5. The monoisotopic (exact) mass is 773 g/mol. The average molecular weight is 774 g/mol. The van der Waals surface area contributed by atoms with Crippen molar-refractivity contribution in [2.45, 2.75) is 13.3 Å². The Morgan fingerprint density at radius 1 is 0.625 bits per heavy atom. The summed E-state index contributed by atoms with van der Waals surface area (Å²) in [6.45, 7) is 8.71. The minimum atomic E-state index is -1.00. The number of amides is 1. The van der Waals surface area contributed by atoms with Crippen LogP contribution in [0.4, 0.5) is 0 Å². The number of nitrogens with zero attached hydrogens (tertiary/aromatic N) is 7. The minimum Gasteiger partial charge on any atom is -0.494 e. The zero-order chi connectivity index (χ0) is 39.9. The summed E-state index contributed by atoms with van der Waals surface area (Å²) in [5.74, 6) is -2.15. The largest absolute Gasteiger partial charge is 0.494 e. The third-order valence-electron chi connectivity index (χ3n) is 10.3. The fraction of sp³-hybridized carbons (Fsp3) is 0.488. The molecule has 1 amide bonds. The second kappa shape index (κ2) is 21.4. The van der Waals surface area contributed by atoms with Gasteiger partial charge in [0.25, 0.3) is 0 Å². The van der Waals surface area contributed by atoms with E-state index in [1.165, 1.54) is 5.56 Å². The molecule has 2 aliphatic heterocycles. The highest BCUT2D eigenvalue weighted by Crippen LogP contribution is 2.20. The molecule has 56 heavy (non-hydrogen) atoms. The normalized spacial score (nSPS) is 17.8. The summed E-state index contributed by atoms with van der Waals surface area (Å²) in [4.78, 5) is 63.9. The Morgan fingerprint density at radius 3 is 1.64 bits per heavy atom. The summed E-state index contributed by atoms with van der Waals surface area (Å²) in [5, 5.41) is 29.5. The van der Waals surface area contributed by atoms with Gasteiger partial charge < -0.3 is 25.0 Å². The first kappa shape index (κ1) is 42.2. The number of ether oxygens (including phenoxy) is 1. The fourth-order valence-electron chi connectivity index (χ4n) is 7.05. The van der Waals surface area contributed by atoms with Gasteiger partial charge in [-0.2, -0.15) is 0 Å². The van der Waals surface area contributed by atoms with Crippen molar-refractivity contribution < 1.29 is 39.2 Å². The van der Waals surface area contributed by atoms with Crippen LogP contribution in [-0.2, 0) is 19.2 Å². The number of pyridine rings is 1. The molecule has 3 aromatic rings. The van der Waals surface area contributed by atoms with Crippen molar-refractivity contribution in [1.82, 2.24) is 34.4 Å². The van der Waals surface area contributed by atoms with Gasteiger partial charge in [-0.25, -0.2) is 0 Å². The maximum absolute atomic E-state index is 13.5. The molecule has 3 heterocycles. The lowest BCUT2D eigenvalue weighted by molar-refractivity contribution is -0.141. The molecule has 15 heteroatoms. The summed E-state index contributed by atoms with van der Waals surface area (Å²) in [6, 6.07) is 16.4. The fourth-order valence-corrected chi connectivity index (χ4v) is 7.05. The molecule has 0 bridgehead atoms. The van der Waals surface area contributed by atoms with Gasteiger partial charge in [-0.05, 0) is 60.4 Å². The lowest BCUT2D eigenvalue weighted by atomic mass is 10.1. The van der Waals surface area contributed by atoms with Gasteiger partial charge in [0.05, 0.1) is 38.3 Å². The van der Waals surface area contributed by atoms with Crippen molar-refractivity contribution in [3.05, 3.63) is 71.4 Å². The van der Waals surface area contributed by atoms with Crippen molar-refractivity contribution >= 4 is 46.9 Å². The third kappa shape index (κ3) is 14.0. The number of rotatable bonds is 15. The van der Waals surface area contributed by atoms with E-state index < -0.39 is 17.9 Å². The van der Waals surface area contributed by atoms with Crippen molar-refractivity contribution in [3.8, 4) is 5.75 Å².